The summed E-state index contributed by atoms with van der Waals surface area (Å²) in [4.78, 5) is 53.1. The Kier molecular flexibility index (Phi) is 8.46. The number of fused-ring (bicyclic) bond motifs is 4. The van der Waals surface area contributed by atoms with Crippen LogP contribution in [0, 0.1) is 5.92 Å². The van der Waals surface area contributed by atoms with Gasteiger partial charge in [0.1, 0.15) is 5.70 Å². The number of halogens is 2. The fourth-order valence-electron chi connectivity index (χ4n) is 5.41. The molecule has 2 amide bonds. The molecule has 1 saturated heterocycles. The van der Waals surface area contributed by atoms with Gasteiger partial charge in [-0.2, -0.15) is 0 Å². The number of rotatable bonds is 6. The molecular formula is C30H27Br2N3O6. The van der Waals surface area contributed by atoms with Gasteiger partial charge in [-0.1, -0.05) is 22.0 Å². The van der Waals surface area contributed by atoms with Crippen molar-refractivity contribution in [2.75, 3.05) is 20.2 Å². The Morgan fingerprint density at radius 1 is 1.02 bits per heavy atom. The molecule has 41 heavy (non-hydrogen) atoms. The van der Waals surface area contributed by atoms with E-state index >= 15 is 0 Å². The van der Waals surface area contributed by atoms with Crippen molar-refractivity contribution in [1.29, 1.82) is 0 Å². The number of likely N-dealkylation sites (tertiary alicyclic amines) is 1. The van der Waals surface area contributed by atoms with Gasteiger partial charge in [-0.3, -0.25) is 19.2 Å². The molecule has 1 fully saturated rings. The smallest absolute Gasteiger partial charge is 0.308 e. The first-order valence-electron chi connectivity index (χ1n) is 13.0. The van der Waals surface area contributed by atoms with Gasteiger partial charge in [0, 0.05) is 54.3 Å². The van der Waals surface area contributed by atoms with Crippen LogP contribution in [0.15, 0.2) is 74.0 Å². The van der Waals surface area contributed by atoms with Crippen molar-refractivity contribution in [1.82, 2.24) is 14.8 Å². The molecule has 2 aliphatic rings. The number of esters is 1. The number of amides is 2. The molecule has 2 atom stereocenters. The Hall–Kier alpha value is -3.70. The maximum atomic E-state index is 14.0. The van der Waals surface area contributed by atoms with E-state index in [1.54, 1.807) is 64.1 Å². The number of piperidine rings is 1. The summed E-state index contributed by atoms with van der Waals surface area (Å²) in [5.41, 5.74) is 1.90. The van der Waals surface area contributed by atoms with Crippen molar-refractivity contribution >= 4 is 55.7 Å². The van der Waals surface area contributed by atoms with Crippen LogP contribution in [0.1, 0.15) is 40.9 Å². The lowest BCUT2D eigenvalue weighted by molar-refractivity contribution is -0.132. The highest BCUT2D eigenvalue weighted by Gasteiger charge is 2.37. The van der Waals surface area contributed by atoms with Gasteiger partial charge >= 0.3 is 5.97 Å². The van der Waals surface area contributed by atoms with Crippen LogP contribution in [0.5, 0.6) is 11.5 Å². The maximum Gasteiger partial charge on any atom is 0.308 e. The van der Waals surface area contributed by atoms with Gasteiger partial charge in [0.05, 0.1) is 11.6 Å². The van der Waals surface area contributed by atoms with Crippen molar-refractivity contribution in [2.45, 2.75) is 25.8 Å². The monoisotopic (exact) mass is 683 g/mol. The highest BCUT2D eigenvalue weighted by molar-refractivity contribution is 9.10. The molecule has 3 aromatic rings. The Morgan fingerprint density at radius 3 is 2.49 bits per heavy atom. The van der Waals surface area contributed by atoms with Gasteiger partial charge in [0.15, 0.2) is 11.5 Å². The fraction of sp³-hybridized carbons (Fsp3) is 0.267. The van der Waals surface area contributed by atoms with Crippen molar-refractivity contribution in [3.8, 4) is 11.5 Å². The van der Waals surface area contributed by atoms with Crippen LogP contribution in [0.2, 0.25) is 0 Å². The third-order valence-electron chi connectivity index (χ3n) is 7.16. The summed E-state index contributed by atoms with van der Waals surface area (Å²) in [5, 5.41) is 2.82. The first-order chi connectivity index (χ1) is 19.6. The second-order valence-corrected chi connectivity index (χ2v) is 11.8. The number of aromatic nitrogens is 1. The van der Waals surface area contributed by atoms with Crippen LogP contribution in [0.3, 0.4) is 0 Å². The molecule has 2 aromatic carbocycles. The molecule has 11 heteroatoms. The van der Waals surface area contributed by atoms with Crippen molar-refractivity contribution in [2.24, 2.45) is 5.92 Å². The number of hydrogen-bond donors (Lipinski definition) is 1. The first-order valence-corrected chi connectivity index (χ1v) is 14.5. The van der Waals surface area contributed by atoms with Crippen LogP contribution in [0.4, 0.5) is 0 Å². The van der Waals surface area contributed by atoms with Crippen LogP contribution in [-0.4, -0.2) is 47.4 Å². The zero-order chi connectivity index (χ0) is 29.3. The van der Waals surface area contributed by atoms with Gasteiger partial charge in [-0.05, 0) is 82.4 Å². The van der Waals surface area contributed by atoms with Crippen LogP contribution < -0.4 is 20.3 Å². The van der Waals surface area contributed by atoms with Gasteiger partial charge in [0.2, 0.25) is 0 Å². The SMILES string of the molecule is COc1cc(/C=C(/NC(=O)c2ccc(Br)cc2)C(=O)N2C[C@H]3C[C@@H](C2)c2cccc(=O)n2C3)cc(Br)c1OC(C)=O. The third kappa shape index (κ3) is 6.31. The maximum absolute atomic E-state index is 14.0. The molecule has 1 N–H and O–H groups in total. The van der Waals surface area contributed by atoms with E-state index in [0.717, 1.165) is 16.6 Å². The Labute approximate surface area is 253 Å². The number of pyridine rings is 1. The van der Waals surface area contributed by atoms with Gasteiger partial charge < -0.3 is 24.3 Å². The summed E-state index contributed by atoms with van der Waals surface area (Å²) in [6.07, 6.45) is 2.46. The van der Waals surface area contributed by atoms with Gasteiger partial charge in [-0.25, -0.2) is 0 Å². The number of carbonyl (C=O) groups is 3. The van der Waals surface area contributed by atoms with E-state index < -0.39 is 11.9 Å². The Balaban J connectivity index is 1.50. The van der Waals surface area contributed by atoms with E-state index in [0.29, 0.717) is 35.2 Å². The zero-order valence-electron chi connectivity index (χ0n) is 22.4. The van der Waals surface area contributed by atoms with Crippen molar-refractivity contribution in [3.63, 3.8) is 0 Å². The average Bonchev–Trinajstić information content (AvgIpc) is 2.94. The summed E-state index contributed by atoms with van der Waals surface area (Å²) < 4.78 is 13.8. The summed E-state index contributed by atoms with van der Waals surface area (Å²) in [6.45, 7) is 2.71. The van der Waals surface area contributed by atoms with E-state index in [1.165, 1.54) is 14.0 Å². The standard InChI is InChI=1S/C30H27Br2N3O6/c1-17(36)41-28-23(32)11-18(13-26(28)40-2)12-24(33-29(38)20-6-8-22(31)9-7-20)30(39)34-14-19-10-21(16-34)25-4-3-5-27(37)35(25)15-19/h3-9,11-13,19,21H,10,14-16H2,1-2H3,(H,33,38)/b24-12+/t19-,21+/m1/s1. The normalized spacial score (nSPS) is 17.9. The Morgan fingerprint density at radius 2 is 1.78 bits per heavy atom. The second-order valence-electron chi connectivity index (χ2n) is 10.1. The van der Waals surface area contributed by atoms with E-state index in [9.17, 15) is 19.2 Å². The van der Waals surface area contributed by atoms with Crippen LogP contribution >= 0.6 is 31.9 Å². The Bertz CT molecular complexity index is 1620. The largest absolute Gasteiger partial charge is 0.493 e. The third-order valence-corrected chi connectivity index (χ3v) is 8.28. The number of nitrogens with one attached hydrogen (secondary N) is 1. The lowest BCUT2D eigenvalue weighted by Gasteiger charge is -2.43. The quantitative estimate of drug-likeness (QED) is 0.229. The molecule has 0 unspecified atom stereocenters. The molecule has 2 bridgehead atoms. The molecule has 0 spiro atoms. The summed E-state index contributed by atoms with van der Waals surface area (Å²) >= 11 is 6.79. The highest BCUT2D eigenvalue weighted by atomic mass is 79.9. The van der Waals surface area contributed by atoms with E-state index in [-0.39, 0.29) is 40.5 Å². The highest BCUT2D eigenvalue weighted by Crippen LogP contribution is 2.38. The molecular weight excluding hydrogens is 658 g/mol. The molecule has 212 valence electrons. The van der Waals surface area contributed by atoms with Crippen LogP contribution in [0.25, 0.3) is 6.08 Å². The lowest BCUT2D eigenvalue weighted by atomic mass is 9.83. The van der Waals surface area contributed by atoms with Crippen molar-refractivity contribution < 1.29 is 23.9 Å². The van der Waals surface area contributed by atoms with Crippen molar-refractivity contribution in [3.05, 3.63) is 96.4 Å². The average molecular weight is 685 g/mol. The van der Waals surface area contributed by atoms with E-state index in [1.807, 2.05) is 6.07 Å². The number of hydrogen-bond acceptors (Lipinski definition) is 6. The minimum Gasteiger partial charge on any atom is -0.493 e. The minimum absolute atomic E-state index is 0.0148. The molecule has 0 aliphatic carbocycles. The summed E-state index contributed by atoms with van der Waals surface area (Å²) in [5.74, 6) is -0.663. The van der Waals surface area contributed by atoms with Gasteiger partial charge in [-0.15, -0.1) is 0 Å². The molecule has 9 nitrogen and oxygen atoms in total. The molecule has 3 heterocycles. The minimum atomic E-state index is -0.510. The molecule has 0 radical (unpaired) electrons. The van der Waals surface area contributed by atoms with E-state index in [4.69, 9.17) is 9.47 Å². The van der Waals surface area contributed by atoms with Crippen LogP contribution in [-0.2, 0) is 16.1 Å². The second kappa shape index (κ2) is 12.0. The predicted molar refractivity (Wildman–Crippen MR) is 160 cm³/mol. The fourth-order valence-corrected chi connectivity index (χ4v) is 6.22. The summed E-state index contributed by atoms with van der Waals surface area (Å²) in [7, 11) is 1.44. The molecule has 0 saturated carbocycles. The number of benzene rings is 2. The lowest BCUT2D eigenvalue weighted by Crippen LogP contribution is -2.50. The predicted octanol–water partition coefficient (Wildman–Crippen LogP) is 4.72. The summed E-state index contributed by atoms with van der Waals surface area (Å²) in [6, 6.07) is 15.4. The number of ether oxygens (including phenoxy) is 2. The molecule has 2 aliphatic heterocycles. The number of nitrogens with zero attached hydrogens (tertiary/aromatic N) is 2. The molecule has 1 aromatic heterocycles. The zero-order valence-corrected chi connectivity index (χ0v) is 25.5. The van der Waals surface area contributed by atoms with Gasteiger partial charge in [0.25, 0.3) is 17.4 Å². The number of methoxy groups -OCH3 is 1. The first kappa shape index (κ1) is 28.8. The number of carbonyl (C=O) groups excluding carboxylic acids is 3. The van der Waals surface area contributed by atoms with E-state index in [2.05, 4.69) is 37.2 Å². The molecule has 5 rings (SSSR count). The topological polar surface area (TPSA) is 107 Å².